The molecule has 0 aromatic carbocycles. The zero-order valence-electron chi connectivity index (χ0n) is 12.2. The van der Waals surface area contributed by atoms with E-state index >= 15 is 0 Å². The quantitative estimate of drug-likeness (QED) is 0.880. The lowest BCUT2D eigenvalue weighted by atomic mass is 10.2. The molecule has 1 unspecified atom stereocenters. The number of aromatic nitrogens is 1. The van der Waals surface area contributed by atoms with Gasteiger partial charge < -0.3 is 5.73 Å². The molecular formula is C12H22N4O2S2. The third kappa shape index (κ3) is 2.83. The highest BCUT2D eigenvalue weighted by molar-refractivity contribution is 7.91. The molecule has 1 saturated heterocycles. The summed E-state index contributed by atoms with van der Waals surface area (Å²) in [4.78, 5) is 6.32. The van der Waals surface area contributed by atoms with Crippen molar-refractivity contribution in [1.29, 1.82) is 0 Å². The topological polar surface area (TPSA) is 79.5 Å². The van der Waals surface area contributed by atoms with Gasteiger partial charge in [-0.15, -0.1) is 0 Å². The van der Waals surface area contributed by atoms with Crippen LogP contribution >= 0.6 is 11.3 Å². The summed E-state index contributed by atoms with van der Waals surface area (Å²) in [5, 5.41) is 0.306. The first-order valence-corrected chi connectivity index (χ1v) is 9.12. The van der Waals surface area contributed by atoms with Crippen molar-refractivity contribution >= 4 is 26.5 Å². The van der Waals surface area contributed by atoms with Crippen molar-refractivity contribution in [2.24, 2.45) is 0 Å². The van der Waals surface area contributed by atoms with Crippen molar-refractivity contribution in [3.8, 4) is 0 Å². The molecule has 0 radical (unpaired) electrons. The molecular weight excluding hydrogens is 296 g/mol. The van der Waals surface area contributed by atoms with Crippen LogP contribution in [0.2, 0.25) is 0 Å². The normalized spacial score (nSPS) is 20.9. The lowest BCUT2D eigenvalue weighted by Crippen LogP contribution is -2.38. The van der Waals surface area contributed by atoms with Crippen molar-refractivity contribution in [1.82, 2.24) is 14.2 Å². The molecule has 6 nitrogen and oxygen atoms in total. The van der Waals surface area contributed by atoms with E-state index in [1.54, 1.807) is 11.2 Å². The average Bonchev–Trinajstić information content (AvgIpc) is 2.98. The van der Waals surface area contributed by atoms with Gasteiger partial charge in [0.2, 0.25) is 0 Å². The van der Waals surface area contributed by atoms with Crippen molar-refractivity contribution in [2.45, 2.75) is 37.4 Å². The molecule has 8 heteroatoms. The molecule has 2 heterocycles. The van der Waals surface area contributed by atoms with Crippen LogP contribution in [0.25, 0.3) is 0 Å². The zero-order valence-corrected chi connectivity index (χ0v) is 13.8. The summed E-state index contributed by atoms with van der Waals surface area (Å²) < 4.78 is 27.1. The molecule has 114 valence electrons. The second kappa shape index (κ2) is 5.97. The van der Waals surface area contributed by atoms with Gasteiger partial charge in [0.05, 0.1) is 5.69 Å². The number of hydrogen-bond acceptors (Lipinski definition) is 6. The predicted octanol–water partition coefficient (Wildman–Crippen LogP) is 1.14. The molecule has 1 aromatic rings. The molecule has 0 amide bonds. The number of nitrogens with two attached hydrogens (primary N) is 1. The van der Waals surface area contributed by atoms with Crippen LogP contribution in [0.4, 0.5) is 5.13 Å². The minimum Gasteiger partial charge on any atom is -0.375 e. The van der Waals surface area contributed by atoms with Crippen LogP contribution < -0.4 is 5.73 Å². The fourth-order valence-corrected chi connectivity index (χ4v) is 5.65. The monoisotopic (exact) mass is 318 g/mol. The molecule has 1 aromatic heterocycles. The summed E-state index contributed by atoms with van der Waals surface area (Å²) in [5.74, 6) is 0. The van der Waals surface area contributed by atoms with Gasteiger partial charge in [0.1, 0.15) is 0 Å². The standard InChI is InChI=1S/C12H22N4O2S2/c1-4-15(5-2)10-6-7-16(8-10)20(17,18)11-9(3)14-12(13)19-11/h10H,4-8H2,1-3H3,(H2,13,14). The van der Waals surface area contributed by atoms with Crippen molar-refractivity contribution < 1.29 is 8.42 Å². The first kappa shape index (κ1) is 15.7. The second-order valence-corrected chi connectivity index (χ2v) is 8.12. The van der Waals surface area contributed by atoms with E-state index in [0.717, 1.165) is 30.8 Å². The lowest BCUT2D eigenvalue weighted by Gasteiger charge is -2.25. The molecule has 1 aliphatic heterocycles. The number of sulfonamides is 1. The van der Waals surface area contributed by atoms with Crippen LogP contribution in [0, 0.1) is 6.92 Å². The zero-order chi connectivity index (χ0) is 14.9. The van der Waals surface area contributed by atoms with Crippen molar-refractivity contribution in [3.05, 3.63) is 5.69 Å². The van der Waals surface area contributed by atoms with Crippen molar-refractivity contribution in [3.63, 3.8) is 0 Å². The van der Waals surface area contributed by atoms with Gasteiger partial charge in [0.25, 0.3) is 10.0 Å². The van der Waals surface area contributed by atoms with Gasteiger partial charge in [-0.25, -0.2) is 13.4 Å². The molecule has 0 aliphatic carbocycles. The third-order valence-corrected chi connectivity index (χ3v) is 7.24. The Morgan fingerprint density at radius 3 is 2.60 bits per heavy atom. The largest absolute Gasteiger partial charge is 0.375 e. The minimum atomic E-state index is -3.45. The van der Waals surface area contributed by atoms with Crippen LogP contribution in [-0.2, 0) is 10.0 Å². The van der Waals surface area contributed by atoms with Gasteiger partial charge >= 0.3 is 0 Å². The molecule has 1 aliphatic rings. The lowest BCUT2D eigenvalue weighted by molar-refractivity contribution is 0.225. The molecule has 1 atom stereocenters. The Bertz CT molecular complexity index is 566. The van der Waals surface area contributed by atoms with Crippen molar-refractivity contribution in [2.75, 3.05) is 31.9 Å². The summed E-state index contributed by atoms with van der Waals surface area (Å²) in [7, 11) is -3.45. The van der Waals surface area contributed by atoms with Gasteiger partial charge in [0.15, 0.2) is 9.34 Å². The smallest absolute Gasteiger partial charge is 0.254 e. The Hall–Kier alpha value is -0.700. The fourth-order valence-electron chi connectivity index (χ4n) is 2.73. The van der Waals surface area contributed by atoms with Crippen LogP contribution in [0.15, 0.2) is 4.21 Å². The maximum Gasteiger partial charge on any atom is 0.254 e. The summed E-state index contributed by atoms with van der Waals surface area (Å²) in [6.07, 6.45) is 0.883. The molecule has 2 rings (SSSR count). The maximum atomic E-state index is 12.6. The molecule has 2 N–H and O–H groups in total. The minimum absolute atomic E-state index is 0.287. The number of aryl methyl sites for hydroxylation is 1. The summed E-state index contributed by atoms with van der Waals surface area (Å²) >= 11 is 1.05. The average molecular weight is 318 g/mol. The SMILES string of the molecule is CCN(CC)C1CCN(S(=O)(=O)c2sc(N)nc2C)C1. The van der Waals surface area contributed by atoms with Gasteiger partial charge in [-0.3, -0.25) is 4.90 Å². The second-order valence-electron chi connectivity index (χ2n) is 4.95. The Morgan fingerprint density at radius 1 is 1.45 bits per heavy atom. The van der Waals surface area contributed by atoms with E-state index in [1.807, 2.05) is 0 Å². The number of thiazole rings is 1. The number of anilines is 1. The number of likely N-dealkylation sites (N-methyl/N-ethyl adjacent to an activating group) is 1. The van der Waals surface area contributed by atoms with E-state index in [4.69, 9.17) is 5.73 Å². The number of hydrogen-bond donors (Lipinski definition) is 1. The maximum absolute atomic E-state index is 12.6. The first-order valence-electron chi connectivity index (χ1n) is 6.87. The summed E-state index contributed by atoms with van der Waals surface area (Å²) in [6.45, 7) is 8.92. The Balaban J connectivity index is 2.19. The Kier molecular flexibility index (Phi) is 4.68. The van der Waals surface area contributed by atoms with E-state index in [-0.39, 0.29) is 4.21 Å². The number of nitrogen functional groups attached to an aromatic ring is 1. The molecule has 20 heavy (non-hydrogen) atoms. The number of nitrogens with zero attached hydrogens (tertiary/aromatic N) is 3. The predicted molar refractivity (Wildman–Crippen MR) is 81.3 cm³/mol. The summed E-state index contributed by atoms with van der Waals surface area (Å²) in [6, 6.07) is 0.311. The highest BCUT2D eigenvalue weighted by atomic mass is 32.2. The van der Waals surface area contributed by atoms with Gasteiger partial charge in [0, 0.05) is 19.1 Å². The Morgan fingerprint density at radius 2 is 2.10 bits per heavy atom. The highest BCUT2D eigenvalue weighted by Crippen LogP contribution is 2.30. The fraction of sp³-hybridized carbons (Fsp3) is 0.750. The van der Waals surface area contributed by atoms with Crippen LogP contribution in [0.3, 0.4) is 0 Å². The van der Waals surface area contributed by atoms with E-state index in [1.165, 1.54) is 0 Å². The van der Waals surface area contributed by atoms with Gasteiger partial charge in [-0.1, -0.05) is 25.2 Å². The molecule has 0 bridgehead atoms. The Labute approximate surface area is 124 Å². The molecule has 0 spiro atoms. The van der Waals surface area contributed by atoms with Gasteiger partial charge in [-0.05, 0) is 26.4 Å². The third-order valence-electron chi connectivity index (χ3n) is 3.80. The summed E-state index contributed by atoms with van der Waals surface area (Å²) in [5.41, 5.74) is 6.11. The highest BCUT2D eigenvalue weighted by Gasteiger charge is 2.36. The van der Waals surface area contributed by atoms with Crippen LogP contribution in [-0.4, -0.2) is 54.8 Å². The van der Waals surface area contributed by atoms with Gasteiger partial charge in [-0.2, -0.15) is 4.31 Å². The van der Waals surface area contributed by atoms with E-state index in [9.17, 15) is 8.42 Å². The number of rotatable bonds is 5. The van der Waals surface area contributed by atoms with Crippen LogP contribution in [0.1, 0.15) is 26.0 Å². The van der Waals surface area contributed by atoms with E-state index < -0.39 is 10.0 Å². The van der Waals surface area contributed by atoms with E-state index in [0.29, 0.717) is 30.0 Å². The van der Waals surface area contributed by atoms with E-state index in [2.05, 4.69) is 23.7 Å². The van der Waals surface area contributed by atoms with Crippen LogP contribution in [0.5, 0.6) is 0 Å². The molecule has 1 fully saturated rings. The molecule has 0 saturated carbocycles. The first-order chi connectivity index (χ1) is 9.40.